The number of hydrogen-bond acceptors (Lipinski definition) is 6. The Bertz CT molecular complexity index is 794. The van der Waals surface area contributed by atoms with Crippen LogP contribution in [0, 0.1) is 0 Å². The molecule has 2 aromatic carbocycles. The molecule has 0 aliphatic carbocycles. The highest BCUT2D eigenvalue weighted by molar-refractivity contribution is 9.10. The highest BCUT2D eigenvalue weighted by atomic mass is 79.9. The lowest BCUT2D eigenvalue weighted by molar-refractivity contribution is 0.0687. The van der Waals surface area contributed by atoms with Crippen molar-refractivity contribution in [2.75, 3.05) is 25.7 Å². The van der Waals surface area contributed by atoms with Gasteiger partial charge in [-0.3, -0.25) is 0 Å². The Morgan fingerprint density at radius 2 is 1.48 bits per heavy atom. The van der Waals surface area contributed by atoms with E-state index < -0.39 is 11.9 Å². The summed E-state index contributed by atoms with van der Waals surface area (Å²) in [5.74, 6) is -1.02. The first kappa shape index (κ1) is 20.1. The van der Waals surface area contributed by atoms with Crippen LogP contribution in [0.3, 0.4) is 0 Å². The molecule has 0 fully saturated rings. The monoisotopic (exact) mass is 412 g/mol. The molecule has 0 bridgehead atoms. The fraction of sp³-hybridized carbons (Fsp3) is 0.125. The third-order valence-electron chi connectivity index (χ3n) is 3.04. The Morgan fingerprint density at radius 1 is 0.920 bits per heavy atom. The van der Waals surface area contributed by atoms with E-state index >= 15 is 0 Å². The highest BCUT2D eigenvalue weighted by Crippen LogP contribution is 2.29. The molecular weight excluding hydrogens is 396 g/mol. The Labute approximate surface area is 152 Å². The maximum atomic E-state index is 10.6. The van der Waals surface area contributed by atoms with Crippen molar-refractivity contribution in [1.82, 2.24) is 0 Å². The number of carbonyl (C=O) groups is 2. The van der Waals surface area contributed by atoms with E-state index in [1.165, 1.54) is 38.5 Å². The summed E-state index contributed by atoms with van der Waals surface area (Å²) in [6, 6.07) is 7.32. The number of rotatable bonds is 4. The molecule has 6 N–H and O–H groups in total. The van der Waals surface area contributed by atoms with Crippen LogP contribution in [0.1, 0.15) is 20.7 Å². The number of methoxy groups -OCH3 is 2. The number of nitrogen functional groups attached to an aromatic ring is 2. The summed E-state index contributed by atoms with van der Waals surface area (Å²) in [5.41, 5.74) is 11.5. The van der Waals surface area contributed by atoms with E-state index in [9.17, 15) is 9.59 Å². The first-order valence-electron chi connectivity index (χ1n) is 6.74. The molecule has 0 radical (unpaired) electrons. The number of carboxylic acids is 2. The number of carboxylic acid groups (broad SMARTS) is 2. The average Bonchev–Trinajstić information content (AvgIpc) is 2.56. The van der Waals surface area contributed by atoms with E-state index in [2.05, 4.69) is 15.9 Å². The van der Waals surface area contributed by atoms with Crippen LogP contribution in [0.4, 0.5) is 11.4 Å². The lowest BCUT2D eigenvalue weighted by atomic mass is 10.2. The number of hydrogen-bond donors (Lipinski definition) is 4. The van der Waals surface area contributed by atoms with E-state index in [-0.39, 0.29) is 22.5 Å². The van der Waals surface area contributed by atoms with Crippen LogP contribution in [0.25, 0.3) is 0 Å². The van der Waals surface area contributed by atoms with Gasteiger partial charge in [-0.05, 0) is 34.1 Å². The second-order valence-electron chi connectivity index (χ2n) is 4.64. The minimum atomic E-state index is -1.05. The first-order chi connectivity index (χ1) is 11.7. The molecule has 0 unspecified atom stereocenters. The van der Waals surface area contributed by atoms with Crippen LogP contribution in [0.15, 0.2) is 34.8 Å². The van der Waals surface area contributed by atoms with Crippen molar-refractivity contribution in [2.24, 2.45) is 0 Å². The van der Waals surface area contributed by atoms with Gasteiger partial charge in [0.05, 0.1) is 29.8 Å². The molecule has 0 spiro atoms. The number of ether oxygens (including phenoxy) is 2. The van der Waals surface area contributed by atoms with Crippen LogP contribution in [-0.4, -0.2) is 36.4 Å². The smallest absolute Gasteiger partial charge is 0.337 e. The van der Waals surface area contributed by atoms with Crippen LogP contribution >= 0.6 is 15.9 Å². The molecule has 0 saturated heterocycles. The molecular formula is C16H17BrN2O6. The van der Waals surface area contributed by atoms with E-state index in [4.69, 9.17) is 31.2 Å². The van der Waals surface area contributed by atoms with Crippen molar-refractivity contribution in [3.8, 4) is 11.5 Å². The summed E-state index contributed by atoms with van der Waals surface area (Å²) in [4.78, 5) is 21.1. The van der Waals surface area contributed by atoms with Crippen molar-refractivity contribution in [3.05, 3.63) is 45.9 Å². The van der Waals surface area contributed by atoms with Crippen molar-refractivity contribution in [1.29, 1.82) is 0 Å². The fourth-order valence-electron chi connectivity index (χ4n) is 1.77. The molecule has 0 atom stereocenters. The standard InChI is InChI=1S/C8H8BrNO3.C8H9NO3/c1-13-7-3-6(10)4(8(11)12)2-5(7)9;1-12-5-2-3-6(8(10)11)7(9)4-5/h2-3H,10H2,1H3,(H,11,12);2-4H,9H2,1H3,(H,10,11). The molecule has 0 saturated carbocycles. The number of anilines is 2. The van der Waals surface area contributed by atoms with Gasteiger partial charge in [0.1, 0.15) is 11.5 Å². The predicted molar refractivity (Wildman–Crippen MR) is 96.4 cm³/mol. The zero-order valence-corrected chi connectivity index (χ0v) is 15.0. The van der Waals surface area contributed by atoms with Crippen molar-refractivity contribution in [2.45, 2.75) is 0 Å². The highest BCUT2D eigenvalue weighted by Gasteiger charge is 2.11. The zero-order chi connectivity index (χ0) is 19.1. The minimum Gasteiger partial charge on any atom is -0.497 e. The van der Waals surface area contributed by atoms with Crippen LogP contribution in [-0.2, 0) is 0 Å². The second kappa shape index (κ2) is 8.78. The minimum absolute atomic E-state index is 0.0627. The molecule has 134 valence electrons. The van der Waals surface area contributed by atoms with Gasteiger partial charge in [0.25, 0.3) is 0 Å². The van der Waals surface area contributed by atoms with E-state index in [1.54, 1.807) is 6.07 Å². The lowest BCUT2D eigenvalue weighted by Crippen LogP contribution is -2.02. The lowest BCUT2D eigenvalue weighted by Gasteiger charge is -2.06. The van der Waals surface area contributed by atoms with Crippen molar-refractivity contribution in [3.63, 3.8) is 0 Å². The Morgan fingerprint density at radius 3 is 1.92 bits per heavy atom. The Hall–Kier alpha value is -2.94. The van der Waals surface area contributed by atoms with Gasteiger partial charge in [-0.2, -0.15) is 0 Å². The van der Waals surface area contributed by atoms with Crippen LogP contribution in [0.2, 0.25) is 0 Å². The fourth-order valence-corrected chi connectivity index (χ4v) is 2.28. The number of halogens is 1. The average molecular weight is 413 g/mol. The number of benzene rings is 2. The molecule has 25 heavy (non-hydrogen) atoms. The summed E-state index contributed by atoms with van der Waals surface area (Å²) in [5, 5.41) is 17.3. The number of nitrogens with two attached hydrogens (primary N) is 2. The third-order valence-corrected chi connectivity index (χ3v) is 3.66. The number of aromatic carboxylic acids is 2. The van der Waals surface area contributed by atoms with Gasteiger partial charge in [-0.25, -0.2) is 9.59 Å². The van der Waals surface area contributed by atoms with Crippen molar-refractivity contribution >= 4 is 39.2 Å². The van der Waals surface area contributed by atoms with Gasteiger partial charge in [-0.15, -0.1) is 0 Å². The van der Waals surface area contributed by atoms with Gasteiger partial charge in [0.2, 0.25) is 0 Å². The van der Waals surface area contributed by atoms with E-state index in [1.807, 2.05) is 0 Å². The topological polar surface area (TPSA) is 145 Å². The predicted octanol–water partition coefficient (Wildman–Crippen LogP) is 2.71. The molecule has 0 amide bonds. The zero-order valence-electron chi connectivity index (χ0n) is 13.4. The Balaban J connectivity index is 0.000000251. The first-order valence-corrected chi connectivity index (χ1v) is 7.53. The normalized spacial score (nSPS) is 9.56. The second-order valence-corrected chi connectivity index (χ2v) is 5.49. The molecule has 2 aromatic rings. The largest absolute Gasteiger partial charge is 0.497 e. The summed E-state index contributed by atoms with van der Waals surface area (Å²) in [6.45, 7) is 0. The maximum Gasteiger partial charge on any atom is 0.337 e. The summed E-state index contributed by atoms with van der Waals surface area (Å²) in [7, 11) is 2.98. The molecule has 0 aliphatic rings. The molecule has 2 rings (SSSR count). The SMILES string of the molecule is COc1cc(N)c(C(=O)O)cc1Br.COc1ccc(C(=O)O)c(N)c1. The molecule has 0 heterocycles. The third kappa shape index (κ3) is 5.28. The van der Waals surface area contributed by atoms with Crippen LogP contribution in [0.5, 0.6) is 11.5 Å². The molecule has 0 aliphatic heterocycles. The van der Waals surface area contributed by atoms with Crippen molar-refractivity contribution < 1.29 is 29.3 Å². The molecule has 0 aromatic heterocycles. The Kier molecular flexibility index (Phi) is 7.06. The molecule has 8 nitrogen and oxygen atoms in total. The van der Waals surface area contributed by atoms with Crippen LogP contribution < -0.4 is 20.9 Å². The molecule has 9 heteroatoms. The van der Waals surface area contributed by atoms with Gasteiger partial charge >= 0.3 is 11.9 Å². The summed E-state index contributed by atoms with van der Waals surface area (Å²) < 4.78 is 10.4. The maximum absolute atomic E-state index is 10.6. The summed E-state index contributed by atoms with van der Waals surface area (Å²) in [6.07, 6.45) is 0. The van der Waals surface area contributed by atoms with Gasteiger partial charge in [-0.1, -0.05) is 0 Å². The van der Waals surface area contributed by atoms with E-state index in [0.29, 0.717) is 16.0 Å². The van der Waals surface area contributed by atoms with Gasteiger partial charge in [0.15, 0.2) is 0 Å². The summed E-state index contributed by atoms with van der Waals surface area (Å²) >= 11 is 3.17. The van der Waals surface area contributed by atoms with E-state index in [0.717, 1.165) is 0 Å². The van der Waals surface area contributed by atoms with Gasteiger partial charge in [0, 0.05) is 23.5 Å². The van der Waals surface area contributed by atoms with Gasteiger partial charge < -0.3 is 31.2 Å². The quantitative estimate of drug-likeness (QED) is 0.560.